The Morgan fingerprint density at radius 1 is 1.50 bits per heavy atom. The average molecular weight is 254 g/mol. The molecule has 18 heavy (non-hydrogen) atoms. The fourth-order valence-corrected chi connectivity index (χ4v) is 2.60. The van der Waals surface area contributed by atoms with Crippen molar-refractivity contribution in [3.63, 3.8) is 0 Å². The summed E-state index contributed by atoms with van der Waals surface area (Å²) in [4.78, 5) is 25.3. The molecule has 102 valence electrons. The van der Waals surface area contributed by atoms with Crippen LogP contribution in [0.15, 0.2) is 0 Å². The smallest absolute Gasteiger partial charge is 0.239 e. The average Bonchev–Trinajstić information content (AvgIpc) is 2.33. The first-order valence-electron chi connectivity index (χ1n) is 6.55. The molecule has 6 nitrogen and oxygen atoms in total. The van der Waals surface area contributed by atoms with Gasteiger partial charge >= 0.3 is 0 Å². The van der Waals surface area contributed by atoms with E-state index in [-0.39, 0.29) is 30.4 Å². The fraction of sp³-hybridized carbons (Fsp3) is 0.833. The molecular formula is C12H22N4O2. The van der Waals surface area contributed by atoms with E-state index in [1.807, 2.05) is 0 Å². The second-order valence-electron chi connectivity index (χ2n) is 5.38. The van der Waals surface area contributed by atoms with Crippen LogP contribution in [0.3, 0.4) is 0 Å². The van der Waals surface area contributed by atoms with Crippen LogP contribution in [-0.4, -0.2) is 62.0 Å². The minimum atomic E-state index is -0.297. The molecule has 3 N–H and O–H groups in total. The molecule has 2 saturated heterocycles. The molecule has 0 aromatic carbocycles. The molecule has 2 rings (SSSR count). The monoisotopic (exact) mass is 254 g/mol. The number of amides is 2. The summed E-state index contributed by atoms with van der Waals surface area (Å²) in [5.74, 6) is 0.411. The summed E-state index contributed by atoms with van der Waals surface area (Å²) >= 11 is 0. The van der Waals surface area contributed by atoms with Crippen LogP contribution < -0.4 is 16.0 Å². The molecule has 2 heterocycles. The van der Waals surface area contributed by atoms with Crippen molar-refractivity contribution in [2.75, 3.05) is 33.2 Å². The SMILES string of the molecule is CC1CN(C)CCC1NC(=O)C1CNC(=O)CN1. The number of piperidine rings is 1. The number of rotatable bonds is 2. The van der Waals surface area contributed by atoms with Gasteiger partial charge in [0.15, 0.2) is 0 Å². The van der Waals surface area contributed by atoms with Crippen molar-refractivity contribution >= 4 is 11.8 Å². The first-order valence-corrected chi connectivity index (χ1v) is 6.55. The number of nitrogens with zero attached hydrogens (tertiary/aromatic N) is 1. The topological polar surface area (TPSA) is 73.5 Å². The van der Waals surface area contributed by atoms with E-state index in [4.69, 9.17) is 0 Å². The highest BCUT2D eigenvalue weighted by Crippen LogP contribution is 2.15. The lowest BCUT2D eigenvalue weighted by atomic mass is 9.94. The molecule has 2 fully saturated rings. The zero-order valence-corrected chi connectivity index (χ0v) is 11.0. The second-order valence-corrected chi connectivity index (χ2v) is 5.38. The lowest BCUT2D eigenvalue weighted by Crippen LogP contribution is -2.60. The zero-order valence-electron chi connectivity index (χ0n) is 11.0. The third kappa shape index (κ3) is 3.20. The molecule has 2 aliphatic rings. The number of piperazine rings is 1. The molecule has 0 bridgehead atoms. The predicted molar refractivity (Wildman–Crippen MR) is 68.0 cm³/mol. The summed E-state index contributed by atoms with van der Waals surface area (Å²) in [6.45, 7) is 4.80. The van der Waals surface area contributed by atoms with Crippen molar-refractivity contribution in [3.8, 4) is 0 Å². The predicted octanol–water partition coefficient (Wildman–Crippen LogP) is -1.47. The Labute approximate surface area is 107 Å². The van der Waals surface area contributed by atoms with Crippen molar-refractivity contribution in [1.82, 2.24) is 20.9 Å². The summed E-state index contributed by atoms with van der Waals surface area (Å²) in [5.41, 5.74) is 0. The summed E-state index contributed by atoms with van der Waals surface area (Å²) in [7, 11) is 2.10. The van der Waals surface area contributed by atoms with Crippen molar-refractivity contribution in [3.05, 3.63) is 0 Å². The zero-order chi connectivity index (χ0) is 13.1. The highest BCUT2D eigenvalue weighted by atomic mass is 16.2. The highest BCUT2D eigenvalue weighted by molar-refractivity contribution is 5.86. The van der Waals surface area contributed by atoms with Crippen molar-refractivity contribution < 1.29 is 9.59 Å². The molecule has 0 spiro atoms. The van der Waals surface area contributed by atoms with Crippen LogP contribution >= 0.6 is 0 Å². The molecule has 6 heteroatoms. The molecule has 3 unspecified atom stereocenters. The van der Waals surface area contributed by atoms with E-state index in [1.165, 1.54) is 0 Å². The normalized spacial score (nSPS) is 33.9. The first-order chi connectivity index (χ1) is 8.56. The van der Waals surface area contributed by atoms with Gasteiger partial charge in [-0.1, -0.05) is 6.92 Å². The van der Waals surface area contributed by atoms with Gasteiger partial charge in [-0.2, -0.15) is 0 Å². The lowest BCUT2D eigenvalue weighted by molar-refractivity contribution is -0.127. The highest BCUT2D eigenvalue weighted by Gasteiger charge is 2.29. The molecule has 2 aliphatic heterocycles. The molecule has 0 saturated carbocycles. The van der Waals surface area contributed by atoms with E-state index in [0.717, 1.165) is 19.5 Å². The molecule has 3 atom stereocenters. The number of likely N-dealkylation sites (tertiary alicyclic amines) is 1. The maximum absolute atomic E-state index is 12.1. The van der Waals surface area contributed by atoms with Gasteiger partial charge in [-0.25, -0.2) is 0 Å². The molecular weight excluding hydrogens is 232 g/mol. The van der Waals surface area contributed by atoms with Gasteiger partial charge in [-0.3, -0.25) is 14.9 Å². The van der Waals surface area contributed by atoms with Gasteiger partial charge in [-0.05, 0) is 25.9 Å². The number of carbonyl (C=O) groups excluding carboxylic acids is 2. The largest absolute Gasteiger partial charge is 0.353 e. The maximum atomic E-state index is 12.1. The Hall–Kier alpha value is -1.14. The molecule has 2 amide bonds. The van der Waals surface area contributed by atoms with Crippen molar-refractivity contribution in [2.45, 2.75) is 25.4 Å². The number of carbonyl (C=O) groups is 2. The van der Waals surface area contributed by atoms with Gasteiger partial charge in [0.1, 0.15) is 6.04 Å². The minimum absolute atomic E-state index is 0.00333. The van der Waals surface area contributed by atoms with Gasteiger partial charge in [0.25, 0.3) is 0 Å². The van der Waals surface area contributed by atoms with E-state index in [0.29, 0.717) is 12.5 Å². The van der Waals surface area contributed by atoms with Crippen molar-refractivity contribution in [2.24, 2.45) is 5.92 Å². The van der Waals surface area contributed by atoms with E-state index >= 15 is 0 Å². The van der Waals surface area contributed by atoms with Crippen LogP contribution in [0.2, 0.25) is 0 Å². The van der Waals surface area contributed by atoms with Crippen molar-refractivity contribution in [1.29, 1.82) is 0 Å². The Morgan fingerprint density at radius 3 is 2.89 bits per heavy atom. The molecule has 0 aromatic rings. The van der Waals surface area contributed by atoms with Crippen LogP contribution in [-0.2, 0) is 9.59 Å². The number of hydrogen-bond acceptors (Lipinski definition) is 4. The van der Waals surface area contributed by atoms with E-state index in [9.17, 15) is 9.59 Å². The molecule has 0 radical (unpaired) electrons. The second kappa shape index (κ2) is 5.67. The summed E-state index contributed by atoms with van der Waals surface area (Å²) in [6.07, 6.45) is 0.989. The van der Waals surface area contributed by atoms with E-state index in [2.05, 4.69) is 34.8 Å². The van der Waals surface area contributed by atoms with Crippen LogP contribution in [0.4, 0.5) is 0 Å². The Bertz CT molecular complexity index is 324. The lowest BCUT2D eigenvalue weighted by Gasteiger charge is -2.36. The van der Waals surface area contributed by atoms with Gasteiger partial charge in [0, 0.05) is 19.1 Å². The van der Waals surface area contributed by atoms with Crippen LogP contribution in [0.1, 0.15) is 13.3 Å². The van der Waals surface area contributed by atoms with Gasteiger partial charge in [-0.15, -0.1) is 0 Å². The molecule has 0 aliphatic carbocycles. The summed E-state index contributed by atoms with van der Waals surface area (Å²) in [6, 6.07) is -0.0531. The summed E-state index contributed by atoms with van der Waals surface area (Å²) < 4.78 is 0. The Balaban J connectivity index is 1.82. The first kappa shape index (κ1) is 13.3. The Kier molecular flexibility index (Phi) is 4.19. The van der Waals surface area contributed by atoms with Gasteiger partial charge in [0.2, 0.25) is 11.8 Å². The number of nitrogens with one attached hydrogen (secondary N) is 3. The van der Waals surface area contributed by atoms with Crippen LogP contribution in [0.5, 0.6) is 0 Å². The van der Waals surface area contributed by atoms with Gasteiger partial charge in [0.05, 0.1) is 6.54 Å². The van der Waals surface area contributed by atoms with Crippen LogP contribution in [0, 0.1) is 5.92 Å². The fourth-order valence-electron chi connectivity index (χ4n) is 2.60. The molecule has 0 aromatic heterocycles. The Morgan fingerprint density at radius 2 is 2.28 bits per heavy atom. The third-order valence-electron chi connectivity index (χ3n) is 3.76. The van der Waals surface area contributed by atoms with Crippen LogP contribution in [0.25, 0.3) is 0 Å². The standard InChI is InChI=1S/C12H22N4O2/c1-8-7-16(2)4-3-9(8)15-12(18)10-5-14-11(17)6-13-10/h8-10,13H,3-7H2,1-2H3,(H,14,17)(H,15,18). The minimum Gasteiger partial charge on any atom is -0.353 e. The maximum Gasteiger partial charge on any atom is 0.239 e. The van der Waals surface area contributed by atoms with Gasteiger partial charge < -0.3 is 15.5 Å². The summed E-state index contributed by atoms with van der Waals surface area (Å²) in [5, 5.41) is 8.74. The third-order valence-corrected chi connectivity index (χ3v) is 3.76. The quantitative estimate of drug-likeness (QED) is 0.562. The number of hydrogen-bond donors (Lipinski definition) is 3. The van der Waals surface area contributed by atoms with E-state index in [1.54, 1.807) is 0 Å². The van der Waals surface area contributed by atoms with E-state index < -0.39 is 0 Å².